The van der Waals surface area contributed by atoms with Gasteiger partial charge in [0.2, 0.25) is 0 Å². The monoisotopic (exact) mass is 463 g/mol. The van der Waals surface area contributed by atoms with Crippen molar-refractivity contribution in [2.45, 2.75) is 57.5 Å². The summed E-state index contributed by atoms with van der Waals surface area (Å²) >= 11 is 1.62. The van der Waals surface area contributed by atoms with Crippen molar-refractivity contribution in [3.63, 3.8) is 0 Å². The third-order valence-electron chi connectivity index (χ3n) is 5.31. The maximum atomic E-state index is 12.4. The van der Waals surface area contributed by atoms with Crippen LogP contribution in [0.25, 0.3) is 0 Å². The highest BCUT2D eigenvalue weighted by atomic mass is 32.2. The van der Waals surface area contributed by atoms with E-state index in [1.54, 1.807) is 24.2 Å². The van der Waals surface area contributed by atoms with Crippen LogP contribution in [0, 0.1) is 0 Å². The fraction of sp³-hybridized carbons (Fsp3) is 0.385. The van der Waals surface area contributed by atoms with Crippen molar-refractivity contribution in [3.05, 3.63) is 77.2 Å². The Balaban J connectivity index is 1.65. The maximum absolute atomic E-state index is 12.4. The number of nitrogens with one attached hydrogen (secondary N) is 1. The lowest BCUT2D eigenvalue weighted by molar-refractivity contribution is 0.0951. The standard InChI is InChI=1S/C26H33N5OS/c1-6-31(7-2)23-15-22(26(3,4)5)29-25(30-23)33-18-19-10-12-21(13-11-19)24(32)28-17-20-9-8-14-27-16-20/h8-16H,6-7,17-18H2,1-5H3,(H,28,32). The molecule has 0 saturated heterocycles. The van der Waals surface area contributed by atoms with Crippen LogP contribution < -0.4 is 10.2 Å². The number of amides is 1. The van der Waals surface area contributed by atoms with Crippen LogP contribution in [-0.4, -0.2) is 33.9 Å². The molecule has 0 atom stereocenters. The molecule has 0 aliphatic carbocycles. The Hall–Kier alpha value is -2.93. The zero-order valence-electron chi connectivity index (χ0n) is 20.1. The summed E-state index contributed by atoms with van der Waals surface area (Å²) in [6.07, 6.45) is 3.47. The zero-order valence-corrected chi connectivity index (χ0v) is 20.9. The van der Waals surface area contributed by atoms with Crippen molar-refractivity contribution in [2.24, 2.45) is 0 Å². The number of aromatic nitrogens is 3. The molecule has 3 aromatic rings. The quantitative estimate of drug-likeness (QED) is 0.346. The third kappa shape index (κ3) is 7.02. The van der Waals surface area contributed by atoms with Crippen molar-refractivity contribution in [1.29, 1.82) is 0 Å². The number of carbonyl (C=O) groups excluding carboxylic acids is 1. The minimum absolute atomic E-state index is 0.0506. The summed E-state index contributed by atoms with van der Waals surface area (Å²) in [6, 6.07) is 13.6. The molecule has 0 spiro atoms. The Morgan fingerprint density at radius 2 is 1.76 bits per heavy atom. The zero-order chi connectivity index (χ0) is 23.8. The van der Waals surface area contributed by atoms with Crippen molar-refractivity contribution in [2.75, 3.05) is 18.0 Å². The lowest BCUT2D eigenvalue weighted by atomic mass is 9.92. The fourth-order valence-electron chi connectivity index (χ4n) is 3.26. The van der Waals surface area contributed by atoms with Gasteiger partial charge in [0.15, 0.2) is 5.16 Å². The summed E-state index contributed by atoms with van der Waals surface area (Å²) in [7, 11) is 0. The van der Waals surface area contributed by atoms with E-state index in [9.17, 15) is 4.79 Å². The molecule has 0 saturated carbocycles. The molecule has 0 bridgehead atoms. The first-order chi connectivity index (χ1) is 15.8. The van der Waals surface area contributed by atoms with Gasteiger partial charge in [-0.3, -0.25) is 9.78 Å². The molecule has 174 valence electrons. The summed E-state index contributed by atoms with van der Waals surface area (Å²) in [5, 5.41) is 3.71. The van der Waals surface area contributed by atoms with E-state index in [2.05, 4.69) is 55.9 Å². The number of nitrogens with zero attached hydrogens (tertiary/aromatic N) is 4. The Morgan fingerprint density at radius 3 is 2.36 bits per heavy atom. The predicted molar refractivity (Wildman–Crippen MR) is 136 cm³/mol. The minimum Gasteiger partial charge on any atom is -0.357 e. The Kier molecular flexibility index (Phi) is 8.44. The first kappa shape index (κ1) is 24.7. The number of pyridine rings is 1. The van der Waals surface area contributed by atoms with Crippen LogP contribution >= 0.6 is 11.8 Å². The number of anilines is 1. The molecule has 0 fully saturated rings. The molecule has 33 heavy (non-hydrogen) atoms. The Morgan fingerprint density at radius 1 is 1.03 bits per heavy atom. The number of rotatable bonds is 9. The highest BCUT2D eigenvalue weighted by molar-refractivity contribution is 7.98. The molecule has 2 aromatic heterocycles. The average molecular weight is 464 g/mol. The molecular formula is C26H33N5OS. The van der Waals surface area contributed by atoms with Gasteiger partial charge in [0.05, 0.1) is 5.69 Å². The summed E-state index contributed by atoms with van der Waals surface area (Å²) < 4.78 is 0. The van der Waals surface area contributed by atoms with E-state index in [0.29, 0.717) is 12.1 Å². The smallest absolute Gasteiger partial charge is 0.251 e. The van der Waals surface area contributed by atoms with Gasteiger partial charge in [0.1, 0.15) is 5.82 Å². The van der Waals surface area contributed by atoms with Crippen molar-refractivity contribution >= 4 is 23.5 Å². The highest BCUT2D eigenvalue weighted by Crippen LogP contribution is 2.28. The number of hydrogen-bond acceptors (Lipinski definition) is 6. The highest BCUT2D eigenvalue weighted by Gasteiger charge is 2.19. The molecule has 2 heterocycles. The largest absolute Gasteiger partial charge is 0.357 e. The van der Waals surface area contributed by atoms with Crippen molar-refractivity contribution in [1.82, 2.24) is 20.3 Å². The van der Waals surface area contributed by atoms with E-state index >= 15 is 0 Å². The first-order valence-corrected chi connectivity index (χ1v) is 12.3. The first-order valence-electron chi connectivity index (χ1n) is 11.3. The molecule has 0 aliphatic rings. The van der Waals surface area contributed by atoms with E-state index in [1.165, 1.54) is 0 Å². The van der Waals surface area contributed by atoms with Gasteiger partial charge < -0.3 is 10.2 Å². The van der Waals surface area contributed by atoms with Gasteiger partial charge in [-0.15, -0.1) is 0 Å². The molecule has 1 aromatic carbocycles. The van der Waals surface area contributed by atoms with Gasteiger partial charge in [-0.05, 0) is 43.2 Å². The predicted octanol–water partition coefficient (Wildman–Crippen LogP) is 5.24. The van der Waals surface area contributed by atoms with Gasteiger partial charge in [-0.2, -0.15) is 0 Å². The second-order valence-electron chi connectivity index (χ2n) is 8.85. The van der Waals surface area contributed by atoms with Crippen molar-refractivity contribution < 1.29 is 4.79 Å². The second-order valence-corrected chi connectivity index (χ2v) is 9.79. The van der Waals surface area contributed by atoms with Crippen molar-refractivity contribution in [3.8, 4) is 0 Å². The summed E-state index contributed by atoms with van der Waals surface area (Å²) in [4.78, 5) is 28.4. The van der Waals surface area contributed by atoms with Gasteiger partial charge in [0.25, 0.3) is 5.91 Å². The van der Waals surface area contributed by atoms with Crippen LogP contribution in [0.4, 0.5) is 5.82 Å². The summed E-state index contributed by atoms with van der Waals surface area (Å²) in [5.41, 5.74) is 3.73. The van der Waals surface area contributed by atoms with Crippen LogP contribution in [0.1, 0.15) is 61.8 Å². The molecule has 0 aliphatic heterocycles. The normalized spacial score (nSPS) is 11.3. The van der Waals surface area contributed by atoms with Gasteiger partial charge >= 0.3 is 0 Å². The number of benzene rings is 1. The average Bonchev–Trinajstić information content (AvgIpc) is 2.82. The molecule has 0 radical (unpaired) electrons. The van der Waals surface area contributed by atoms with E-state index in [1.807, 2.05) is 36.4 Å². The Labute approximate surface area is 201 Å². The molecular weight excluding hydrogens is 430 g/mol. The lowest BCUT2D eigenvalue weighted by Crippen LogP contribution is -2.25. The molecule has 7 heteroatoms. The minimum atomic E-state index is -0.0943. The molecule has 3 rings (SSSR count). The van der Waals surface area contributed by atoms with Crippen LogP contribution in [0.15, 0.2) is 60.0 Å². The van der Waals surface area contributed by atoms with E-state index in [4.69, 9.17) is 9.97 Å². The van der Waals surface area contributed by atoms with Gasteiger partial charge in [-0.1, -0.05) is 50.7 Å². The van der Waals surface area contributed by atoms with Crippen LogP contribution in [0.3, 0.4) is 0 Å². The molecule has 1 N–H and O–H groups in total. The maximum Gasteiger partial charge on any atom is 0.251 e. The number of carbonyl (C=O) groups is 1. The third-order valence-corrected chi connectivity index (χ3v) is 6.23. The molecule has 0 unspecified atom stereocenters. The van der Waals surface area contributed by atoms with E-state index < -0.39 is 0 Å². The van der Waals surface area contributed by atoms with Crippen LogP contribution in [0.2, 0.25) is 0 Å². The lowest BCUT2D eigenvalue weighted by Gasteiger charge is -2.24. The summed E-state index contributed by atoms with van der Waals surface area (Å²) in [6.45, 7) is 13.1. The van der Waals surface area contributed by atoms with Crippen LogP contribution in [-0.2, 0) is 17.7 Å². The van der Waals surface area contributed by atoms with Gasteiger partial charge in [-0.25, -0.2) is 9.97 Å². The number of hydrogen-bond donors (Lipinski definition) is 1. The van der Waals surface area contributed by atoms with Crippen LogP contribution in [0.5, 0.6) is 0 Å². The molecule has 1 amide bonds. The van der Waals surface area contributed by atoms with E-state index in [0.717, 1.165) is 46.6 Å². The fourth-order valence-corrected chi connectivity index (χ4v) is 4.07. The van der Waals surface area contributed by atoms with Gasteiger partial charge in [0, 0.05) is 54.8 Å². The number of thioether (sulfide) groups is 1. The SMILES string of the molecule is CCN(CC)c1cc(C(C)(C)C)nc(SCc2ccc(C(=O)NCc3cccnc3)cc2)n1. The topological polar surface area (TPSA) is 71.0 Å². The van der Waals surface area contributed by atoms with E-state index in [-0.39, 0.29) is 11.3 Å². The second kappa shape index (κ2) is 11.3. The Bertz CT molecular complexity index is 1040. The summed E-state index contributed by atoms with van der Waals surface area (Å²) in [5.74, 6) is 1.62. The molecule has 6 nitrogen and oxygen atoms in total.